The van der Waals surface area contributed by atoms with Crippen molar-refractivity contribution in [3.05, 3.63) is 51.0 Å². The lowest BCUT2D eigenvalue weighted by molar-refractivity contribution is 0.102. The normalized spacial score (nSPS) is 10.3. The number of hydrogen-bond acceptors (Lipinski definition) is 3. The zero-order valence-corrected chi connectivity index (χ0v) is 13.9. The maximum atomic E-state index is 12.4. The molecule has 0 saturated carbocycles. The minimum Gasteiger partial charge on any atom is -0.495 e. The highest BCUT2D eigenvalue weighted by molar-refractivity contribution is 9.10. The molecule has 21 heavy (non-hydrogen) atoms. The van der Waals surface area contributed by atoms with Crippen molar-refractivity contribution in [2.45, 2.75) is 6.92 Å². The van der Waals surface area contributed by atoms with E-state index in [4.69, 9.17) is 22.1 Å². The summed E-state index contributed by atoms with van der Waals surface area (Å²) in [7, 11) is 1.54. The highest BCUT2D eigenvalue weighted by Gasteiger charge is 2.17. The van der Waals surface area contributed by atoms with E-state index in [1.165, 1.54) is 0 Å². The summed E-state index contributed by atoms with van der Waals surface area (Å²) in [5.41, 5.74) is 7.85. The van der Waals surface area contributed by atoms with Crippen molar-refractivity contribution in [1.82, 2.24) is 0 Å². The summed E-state index contributed by atoms with van der Waals surface area (Å²) >= 11 is 9.44. The fraction of sp³-hybridized carbons (Fsp3) is 0.133. The van der Waals surface area contributed by atoms with Gasteiger partial charge in [0.15, 0.2) is 0 Å². The molecule has 0 saturated heterocycles. The highest BCUT2D eigenvalue weighted by Crippen LogP contribution is 2.33. The number of nitrogens with one attached hydrogen (secondary N) is 1. The van der Waals surface area contributed by atoms with Crippen LogP contribution in [0.5, 0.6) is 5.75 Å². The minimum absolute atomic E-state index is 0.253. The molecule has 110 valence electrons. The summed E-state index contributed by atoms with van der Waals surface area (Å²) in [4.78, 5) is 12.4. The third kappa shape index (κ3) is 3.31. The zero-order valence-electron chi connectivity index (χ0n) is 11.5. The van der Waals surface area contributed by atoms with E-state index in [2.05, 4.69) is 21.2 Å². The molecule has 0 aromatic heterocycles. The van der Waals surface area contributed by atoms with Crippen LogP contribution in [-0.2, 0) is 0 Å². The summed E-state index contributed by atoms with van der Waals surface area (Å²) in [5.74, 6) is 0.183. The van der Waals surface area contributed by atoms with Gasteiger partial charge in [-0.15, -0.1) is 0 Å². The number of carbonyl (C=O) groups is 1. The van der Waals surface area contributed by atoms with E-state index in [1.54, 1.807) is 31.4 Å². The Kier molecular flexibility index (Phi) is 4.75. The number of ether oxygens (including phenoxy) is 1. The fourth-order valence-electron chi connectivity index (χ4n) is 1.99. The van der Waals surface area contributed by atoms with Crippen LogP contribution in [-0.4, -0.2) is 13.0 Å². The van der Waals surface area contributed by atoms with Crippen molar-refractivity contribution in [1.29, 1.82) is 0 Å². The summed E-state index contributed by atoms with van der Waals surface area (Å²) in [6.07, 6.45) is 0. The second kappa shape index (κ2) is 6.37. The topological polar surface area (TPSA) is 64.3 Å². The van der Waals surface area contributed by atoms with Crippen LogP contribution in [0.4, 0.5) is 11.4 Å². The number of carbonyl (C=O) groups excluding carboxylic acids is 1. The van der Waals surface area contributed by atoms with Crippen molar-refractivity contribution in [2.75, 3.05) is 18.2 Å². The molecule has 2 aromatic carbocycles. The molecule has 0 unspecified atom stereocenters. The molecule has 0 spiro atoms. The number of nitrogen functional groups attached to an aromatic ring is 1. The van der Waals surface area contributed by atoms with Gasteiger partial charge in [0.2, 0.25) is 0 Å². The van der Waals surface area contributed by atoms with Crippen LogP contribution < -0.4 is 15.8 Å². The van der Waals surface area contributed by atoms with Gasteiger partial charge in [-0.05, 0) is 36.8 Å². The third-order valence-corrected chi connectivity index (χ3v) is 3.77. The molecular formula is C15H14BrClN2O2. The van der Waals surface area contributed by atoms with Gasteiger partial charge < -0.3 is 15.8 Å². The molecule has 0 bridgehead atoms. The number of aryl methyl sites for hydroxylation is 1. The second-order valence-electron chi connectivity index (χ2n) is 4.46. The van der Waals surface area contributed by atoms with E-state index in [-0.39, 0.29) is 11.5 Å². The van der Waals surface area contributed by atoms with Crippen molar-refractivity contribution in [3.8, 4) is 5.75 Å². The number of methoxy groups -OCH3 is 1. The highest BCUT2D eigenvalue weighted by atomic mass is 79.9. The molecule has 0 heterocycles. The molecule has 0 aliphatic carbocycles. The first-order valence-electron chi connectivity index (χ1n) is 6.13. The fourth-order valence-corrected chi connectivity index (χ4v) is 2.81. The lowest BCUT2D eigenvalue weighted by atomic mass is 10.1. The zero-order chi connectivity index (χ0) is 15.6. The Bertz CT molecular complexity index is 684. The molecule has 2 rings (SSSR count). The van der Waals surface area contributed by atoms with Crippen LogP contribution in [0.3, 0.4) is 0 Å². The van der Waals surface area contributed by atoms with Gasteiger partial charge in [0, 0.05) is 10.2 Å². The van der Waals surface area contributed by atoms with E-state index >= 15 is 0 Å². The summed E-state index contributed by atoms with van der Waals surface area (Å²) < 4.78 is 6.16. The molecule has 6 heteroatoms. The molecule has 0 fully saturated rings. The number of hydrogen-bond donors (Lipinski definition) is 2. The number of anilines is 2. The number of amides is 1. The molecule has 0 radical (unpaired) electrons. The molecule has 0 aliphatic heterocycles. The van der Waals surface area contributed by atoms with Gasteiger partial charge in [-0.3, -0.25) is 4.79 Å². The van der Waals surface area contributed by atoms with Gasteiger partial charge in [-0.1, -0.05) is 33.6 Å². The van der Waals surface area contributed by atoms with Gasteiger partial charge in [0.25, 0.3) is 5.91 Å². The SMILES string of the molecule is COc1cc(Br)cc(C)c1NC(=O)c1c(N)cccc1Cl. The van der Waals surface area contributed by atoms with Crippen LogP contribution in [0.1, 0.15) is 15.9 Å². The number of halogens is 2. The van der Waals surface area contributed by atoms with Crippen LogP contribution in [0.25, 0.3) is 0 Å². The largest absolute Gasteiger partial charge is 0.495 e. The lowest BCUT2D eigenvalue weighted by Gasteiger charge is -2.15. The third-order valence-electron chi connectivity index (χ3n) is 3.00. The summed E-state index contributed by atoms with van der Waals surface area (Å²) in [6, 6.07) is 8.61. The number of benzene rings is 2. The number of nitrogens with two attached hydrogens (primary N) is 1. The smallest absolute Gasteiger partial charge is 0.259 e. The van der Waals surface area contributed by atoms with E-state index in [0.29, 0.717) is 22.1 Å². The number of rotatable bonds is 3. The molecule has 3 N–H and O–H groups in total. The van der Waals surface area contributed by atoms with Crippen LogP contribution >= 0.6 is 27.5 Å². The molecule has 2 aromatic rings. The monoisotopic (exact) mass is 368 g/mol. The predicted octanol–water partition coefficient (Wildman–Crippen LogP) is 4.25. The van der Waals surface area contributed by atoms with Crippen LogP contribution in [0, 0.1) is 6.92 Å². The van der Waals surface area contributed by atoms with E-state index in [9.17, 15) is 4.79 Å². The van der Waals surface area contributed by atoms with E-state index in [1.807, 2.05) is 13.0 Å². The molecular weight excluding hydrogens is 356 g/mol. The Hall–Kier alpha value is -1.72. The van der Waals surface area contributed by atoms with Crippen LogP contribution in [0.15, 0.2) is 34.8 Å². The van der Waals surface area contributed by atoms with Crippen molar-refractivity contribution < 1.29 is 9.53 Å². The molecule has 0 atom stereocenters. The summed E-state index contributed by atoms with van der Waals surface area (Å²) in [6.45, 7) is 1.87. The van der Waals surface area contributed by atoms with Gasteiger partial charge in [0.05, 0.1) is 23.4 Å². The first-order valence-corrected chi connectivity index (χ1v) is 7.30. The van der Waals surface area contributed by atoms with Crippen molar-refractivity contribution in [3.63, 3.8) is 0 Å². The second-order valence-corrected chi connectivity index (χ2v) is 5.78. The van der Waals surface area contributed by atoms with Gasteiger partial charge in [-0.2, -0.15) is 0 Å². The van der Waals surface area contributed by atoms with Gasteiger partial charge in [0.1, 0.15) is 5.75 Å². The quantitative estimate of drug-likeness (QED) is 0.795. The predicted molar refractivity (Wildman–Crippen MR) is 89.2 cm³/mol. The lowest BCUT2D eigenvalue weighted by Crippen LogP contribution is -2.16. The minimum atomic E-state index is -0.373. The Labute approximate surface area is 136 Å². The Morgan fingerprint density at radius 2 is 2.10 bits per heavy atom. The van der Waals surface area contributed by atoms with Gasteiger partial charge in [-0.25, -0.2) is 0 Å². The Morgan fingerprint density at radius 3 is 2.71 bits per heavy atom. The van der Waals surface area contributed by atoms with E-state index in [0.717, 1.165) is 10.0 Å². The molecule has 0 aliphatic rings. The Morgan fingerprint density at radius 1 is 1.38 bits per heavy atom. The molecule has 4 nitrogen and oxygen atoms in total. The standard InChI is InChI=1S/C15H14BrClN2O2/c1-8-6-9(16)7-12(21-2)14(8)19-15(20)13-10(17)4-3-5-11(13)18/h3-7H,18H2,1-2H3,(H,19,20). The first-order chi connectivity index (χ1) is 9.93. The maximum Gasteiger partial charge on any atom is 0.259 e. The first kappa shape index (κ1) is 15.7. The summed E-state index contributed by atoms with van der Waals surface area (Å²) in [5, 5.41) is 3.11. The molecule has 1 amide bonds. The van der Waals surface area contributed by atoms with Crippen molar-refractivity contribution >= 4 is 44.8 Å². The van der Waals surface area contributed by atoms with Gasteiger partial charge >= 0.3 is 0 Å². The average molecular weight is 370 g/mol. The Balaban J connectivity index is 2.41. The van der Waals surface area contributed by atoms with E-state index < -0.39 is 0 Å². The van der Waals surface area contributed by atoms with Crippen molar-refractivity contribution in [2.24, 2.45) is 0 Å². The maximum absolute atomic E-state index is 12.4. The average Bonchev–Trinajstić information content (AvgIpc) is 2.41. The van der Waals surface area contributed by atoms with Crippen LogP contribution in [0.2, 0.25) is 5.02 Å².